The molecule has 1 saturated heterocycles. The zero-order chi connectivity index (χ0) is 19.7. The molecule has 0 spiro atoms. The number of aryl methyl sites for hydroxylation is 1. The molecule has 28 heavy (non-hydrogen) atoms. The van der Waals surface area contributed by atoms with Crippen LogP contribution in [-0.2, 0) is 0 Å². The Balaban J connectivity index is 1.51. The van der Waals surface area contributed by atoms with Crippen LogP contribution in [0.25, 0.3) is 11.3 Å². The van der Waals surface area contributed by atoms with Crippen LogP contribution >= 0.6 is 11.6 Å². The maximum atomic E-state index is 13.3. The first kappa shape index (κ1) is 18.9. The van der Waals surface area contributed by atoms with Gasteiger partial charge in [-0.1, -0.05) is 11.6 Å². The number of anilines is 1. The third-order valence-corrected chi connectivity index (χ3v) is 5.76. The minimum atomic E-state index is -0.239. The van der Waals surface area contributed by atoms with Crippen molar-refractivity contribution < 1.29 is 4.39 Å². The molecule has 7 heteroatoms. The average Bonchev–Trinajstić information content (AvgIpc) is 3.06. The minimum absolute atomic E-state index is 0.207. The van der Waals surface area contributed by atoms with Gasteiger partial charge in [-0.05, 0) is 50.2 Å². The number of rotatable bonds is 4. The van der Waals surface area contributed by atoms with E-state index >= 15 is 0 Å². The second-order valence-electron chi connectivity index (χ2n) is 7.11. The largest absolute Gasteiger partial charge is 0.367 e. The third-order valence-electron chi connectivity index (χ3n) is 5.47. The number of H-pyrrole nitrogens is 1. The van der Waals surface area contributed by atoms with Crippen molar-refractivity contribution in [2.24, 2.45) is 0 Å². The molecule has 146 valence electrons. The molecule has 3 heterocycles. The number of halogens is 2. The molecule has 0 radical (unpaired) electrons. The number of nitrogens with one attached hydrogen (secondary N) is 1. The van der Waals surface area contributed by atoms with Crippen molar-refractivity contribution in [1.82, 2.24) is 20.1 Å². The van der Waals surface area contributed by atoms with E-state index in [4.69, 9.17) is 11.6 Å². The Kier molecular flexibility index (Phi) is 5.33. The number of aromatic amines is 1. The van der Waals surface area contributed by atoms with Gasteiger partial charge in [-0.2, -0.15) is 5.10 Å². The number of pyridine rings is 1. The summed E-state index contributed by atoms with van der Waals surface area (Å²) >= 11 is 6.29. The zero-order valence-electron chi connectivity index (χ0n) is 16.0. The van der Waals surface area contributed by atoms with Gasteiger partial charge in [-0.25, -0.2) is 4.39 Å². The number of piperazine rings is 1. The lowest BCUT2D eigenvalue weighted by Crippen LogP contribution is -2.47. The molecular formula is C21H23ClFN5. The topological polar surface area (TPSA) is 48.1 Å². The van der Waals surface area contributed by atoms with Gasteiger partial charge < -0.3 is 4.90 Å². The highest BCUT2D eigenvalue weighted by Crippen LogP contribution is 2.32. The van der Waals surface area contributed by atoms with Crippen LogP contribution in [0.1, 0.15) is 24.2 Å². The van der Waals surface area contributed by atoms with Crippen LogP contribution in [0.15, 0.2) is 42.6 Å². The molecule has 0 saturated carbocycles. The first-order valence-corrected chi connectivity index (χ1v) is 9.82. The van der Waals surface area contributed by atoms with Crippen molar-refractivity contribution in [3.8, 4) is 11.3 Å². The van der Waals surface area contributed by atoms with Gasteiger partial charge in [0.25, 0.3) is 0 Å². The van der Waals surface area contributed by atoms with E-state index in [-0.39, 0.29) is 11.9 Å². The molecule has 2 aromatic heterocycles. The summed E-state index contributed by atoms with van der Waals surface area (Å²) in [4.78, 5) is 9.33. The van der Waals surface area contributed by atoms with Gasteiger partial charge in [0.15, 0.2) is 0 Å². The number of aromatic nitrogens is 3. The summed E-state index contributed by atoms with van der Waals surface area (Å²) in [5.74, 6) is -0.239. The number of hydrogen-bond donors (Lipinski definition) is 1. The Morgan fingerprint density at radius 1 is 1.11 bits per heavy atom. The van der Waals surface area contributed by atoms with E-state index in [0.717, 1.165) is 54.4 Å². The molecule has 1 unspecified atom stereocenters. The minimum Gasteiger partial charge on any atom is -0.367 e. The lowest BCUT2D eigenvalue weighted by atomic mass is 10.1. The van der Waals surface area contributed by atoms with Crippen molar-refractivity contribution in [2.45, 2.75) is 19.9 Å². The molecule has 1 aliphatic rings. The normalized spacial score (nSPS) is 16.4. The third kappa shape index (κ3) is 3.62. The van der Waals surface area contributed by atoms with Crippen LogP contribution in [-0.4, -0.2) is 46.3 Å². The molecule has 1 fully saturated rings. The molecule has 0 amide bonds. The van der Waals surface area contributed by atoms with Crippen molar-refractivity contribution in [1.29, 1.82) is 0 Å². The molecule has 5 nitrogen and oxygen atoms in total. The number of nitrogens with zero attached hydrogens (tertiary/aromatic N) is 4. The van der Waals surface area contributed by atoms with Gasteiger partial charge in [0.2, 0.25) is 0 Å². The molecule has 0 aliphatic carbocycles. The van der Waals surface area contributed by atoms with Crippen molar-refractivity contribution >= 4 is 17.3 Å². The van der Waals surface area contributed by atoms with Gasteiger partial charge in [0, 0.05) is 49.5 Å². The fourth-order valence-corrected chi connectivity index (χ4v) is 4.25. The Morgan fingerprint density at radius 3 is 2.46 bits per heavy atom. The van der Waals surface area contributed by atoms with Crippen LogP contribution < -0.4 is 4.90 Å². The maximum absolute atomic E-state index is 13.3. The molecule has 0 bridgehead atoms. The van der Waals surface area contributed by atoms with E-state index in [9.17, 15) is 4.39 Å². The van der Waals surface area contributed by atoms with Crippen molar-refractivity contribution in [3.63, 3.8) is 0 Å². The van der Waals surface area contributed by atoms with Crippen LogP contribution in [0.3, 0.4) is 0 Å². The van der Waals surface area contributed by atoms with E-state index in [1.165, 1.54) is 12.1 Å². The monoisotopic (exact) mass is 399 g/mol. The molecule has 1 aliphatic heterocycles. The van der Waals surface area contributed by atoms with Gasteiger partial charge in [-0.15, -0.1) is 0 Å². The molecule has 1 N–H and O–H groups in total. The quantitative estimate of drug-likeness (QED) is 0.703. The average molecular weight is 400 g/mol. The SMILES string of the molecule is Cc1n[nH]c(Cl)c1C(C)N1CCN(c2cccnc2-c2ccc(F)cc2)CC1. The first-order valence-electron chi connectivity index (χ1n) is 9.45. The summed E-state index contributed by atoms with van der Waals surface area (Å²) in [6.45, 7) is 7.76. The highest BCUT2D eigenvalue weighted by Gasteiger charge is 2.27. The van der Waals surface area contributed by atoms with E-state index < -0.39 is 0 Å². The summed E-state index contributed by atoms with van der Waals surface area (Å²) in [6, 6.07) is 10.8. The van der Waals surface area contributed by atoms with Crippen LogP contribution in [0.4, 0.5) is 10.1 Å². The van der Waals surface area contributed by atoms with Gasteiger partial charge in [0.1, 0.15) is 11.0 Å². The Labute approximate surface area is 169 Å². The van der Waals surface area contributed by atoms with Crippen LogP contribution in [0.5, 0.6) is 0 Å². The fourth-order valence-electron chi connectivity index (χ4n) is 3.91. The highest BCUT2D eigenvalue weighted by molar-refractivity contribution is 6.30. The second-order valence-corrected chi connectivity index (χ2v) is 7.49. The van der Waals surface area contributed by atoms with Crippen LogP contribution in [0, 0.1) is 12.7 Å². The second kappa shape index (κ2) is 7.89. The lowest BCUT2D eigenvalue weighted by molar-refractivity contribution is 0.198. The van der Waals surface area contributed by atoms with E-state index in [1.54, 1.807) is 18.3 Å². The predicted octanol–water partition coefficient (Wildman–Crippen LogP) is 4.46. The first-order chi connectivity index (χ1) is 13.5. The zero-order valence-corrected chi connectivity index (χ0v) is 16.7. The Bertz CT molecular complexity index is 928. The molecule has 1 atom stereocenters. The molecule has 3 aromatic rings. The summed E-state index contributed by atoms with van der Waals surface area (Å²) in [7, 11) is 0. The maximum Gasteiger partial charge on any atom is 0.129 e. The summed E-state index contributed by atoms with van der Waals surface area (Å²) < 4.78 is 13.3. The molecule has 1 aromatic carbocycles. The summed E-state index contributed by atoms with van der Waals surface area (Å²) in [5.41, 5.74) is 4.92. The van der Waals surface area contributed by atoms with Crippen molar-refractivity contribution in [3.05, 3.63) is 64.8 Å². The summed E-state index contributed by atoms with van der Waals surface area (Å²) in [5, 5.41) is 7.70. The lowest BCUT2D eigenvalue weighted by Gasteiger charge is -2.39. The standard InChI is InChI=1S/C21H23ClFN5/c1-14-19(21(22)26-25-14)15(2)27-10-12-28(13-11-27)18-4-3-9-24-20(18)16-5-7-17(23)8-6-16/h3-9,15H,10-13H2,1-2H3,(H,25,26). The molecular weight excluding hydrogens is 377 g/mol. The van der Waals surface area contributed by atoms with Gasteiger partial charge in [0.05, 0.1) is 17.1 Å². The predicted molar refractivity (Wildman–Crippen MR) is 110 cm³/mol. The van der Waals surface area contributed by atoms with E-state index in [1.807, 2.05) is 13.0 Å². The fraction of sp³-hybridized carbons (Fsp3) is 0.333. The number of benzene rings is 1. The smallest absolute Gasteiger partial charge is 0.129 e. The van der Waals surface area contributed by atoms with E-state index in [2.05, 4.69) is 38.0 Å². The van der Waals surface area contributed by atoms with Crippen LogP contribution in [0.2, 0.25) is 5.15 Å². The molecule has 4 rings (SSSR count). The van der Waals surface area contributed by atoms with Gasteiger partial charge in [-0.3, -0.25) is 15.0 Å². The van der Waals surface area contributed by atoms with Crippen molar-refractivity contribution in [2.75, 3.05) is 31.1 Å². The number of hydrogen-bond acceptors (Lipinski definition) is 4. The summed E-state index contributed by atoms with van der Waals surface area (Å²) in [6.07, 6.45) is 1.78. The van der Waals surface area contributed by atoms with E-state index in [0.29, 0.717) is 5.15 Å². The Morgan fingerprint density at radius 2 is 1.82 bits per heavy atom. The highest BCUT2D eigenvalue weighted by atomic mass is 35.5. The Hall–Kier alpha value is -2.44. The van der Waals surface area contributed by atoms with Gasteiger partial charge >= 0.3 is 0 Å².